The largest absolute Gasteiger partial charge is 0.375 e. The topological polar surface area (TPSA) is 41.6 Å². The van der Waals surface area contributed by atoms with E-state index >= 15 is 0 Å². The molecule has 2 aliphatic rings. The van der Waals surface area contributed by atoms with Gasteiger partial charge in [0.05, 0.1) is 24.7 Å². The Morgan fingerprint density at radius 3 is 2.81 bits per heavy atom. The molecular formula is C11H21ClN2O2. The molecule has 4 nitrogen and oxygen atoms in total. The molecule has 0 aliphatic carbocycles. The highest BCUT2D eigenvalue weighted by Crippen LogP contribution is 2.19. The van der Waals surface area contributed by atoms with Crippen molar-refractivity contribution in [3.63, 3.8) is 0 Å². The first-order chi connectivity index (χ1) is 7.20. The minimum atomic E-state index is 0. The average molecular weight is 249 g/mol. The summed E-state index contributed by atoms with van der Waals surface area (Å²) in [5, 5.41) is 3.24. The summed E-state index contributed by atoms with van der Waals surface area (Å²) in [5.41, 5.74) is 0. The van der Waals surface area contributed by atoms with Crippen molar-refractivity contribution in [2.45, 2.75) is 32.4 Å². The van der Waals surface area contributed by atoms with E-state index in [0.29, 0.717) is 12.5 Å². The second-order valence-electron chi connectivity index (χ2n) is 4.54. The van der Waals surface area contributed by atoms with Crippen LogP contribution in [0.15, 0.2) is 0 Å². The van der Waals surface area contributed by atoms with E-state index in [9.17, 15) is 4.79 Å². The van der Waals surface area contributed by atoms with Gasteiger partial charge in [-0.1, -0.05) is 0 Å². The Morgan fingerprint density at radius 2 is 2.19 bits per heavy atom. The Bertz CT molecular complexity index is 244. The number of nitrogens with one attached hydrogen (secondary N) is 1. The van der Waals surface area contributed by atoms with Gasteiger partial charge in [0, 0.05) is 13.1 Å². The number of amides is 1. The zero-order valence-electron chi connectivity index (χ0n) is 9.94. The van der Waals surface area contributed by atoms with E-state index in [0.717, 1.165) is 26.1 Å². The van der Waals surface area contributed by atoms with E-state index in [2.05, 4.69) is 12.2 Å². The first kappa shape index (κ1) is 13.7. The Kier molecular flexibility index (Phi) is 5.02. The number of ether oxygens (including phenoxy) is 1. The van der Waals surface area contributed by atoms with E-state index in [4.69, 9.17) is 4.74 Å². The average Bonchev–Trinajstić information content (AvgIpc) is 2.74. The molecule has 5 heteroatoms. The van der Waals surface area contributed by atoms with Crippen molar-refractivity contribution in [1.29, 1.82) is 0 Å². The monoisotopic (exact) mass is 248 g/mol. The van der Waals surface area contributed by atoms with E-state index in [-0.39, 0.29) is 30.5 Å². The molecule has 0 aromatic heterocycles. The highest BCUT2D eigenvalue weighted by molar-refractivity contribution is 5.85. The second kappa shape index (κ2) is 5.84. The van der Waals surface area contributed by atoms with Crippen LogP contribution in [0.5, 0.6) is 0 Å². The minimum absolute atomic E-state index is 0. The van der Waals surface area contributed by atoms with Gasteiger partial charge in [-0.15, -0.1) is 12.4 Å². The van der Waals surface area contributed by atoms with Gasteiger partial charge in [0.25, 0.3) is 0 Å². The van der Waals surface area contributed by atoms with Gasteiger partial charge in [-0.05, 0) is 26.8 Å². The Morgan fingerprint density at radius 1 is 1.44 bits per heavy atom. The number of rotatable bonds is 1. The first-order valence-corrected chi connectivity index (χ1v) is 5.83. The quantitative estimate of drug-likeness (QED) is 0.741. The third kappa shape index (κ3) is 2.67. The van der Waals surface area contributed by atoms with Crippen molar-refractivity contribution in [2.75, 3.05) is 26.2 Å². The summed E-state index contributed by atoms with van der Waals surface area (Å²) in [6.45, 7) is 7.36. The van der Waals surface area contributed by atoms with E-state index in [1.165, 1.54) is 0 Å². The predicted octanol–water partition coefficient (Wildman–Crippen LogP) is 0.653. The molecule has 2 rings (SSSR count). The number of hydrogen-bond donors (Lipinski definition) is 1. The van der Waals surface area contributed by atoms with Crippen LogP contribution < -0.4 is 5.32 Å². The molecule has 16 heavy (non-hydrogen) atoms. The molecule has 0 bridgehead atoms. The number of halogens is 1. The highest BCUT2D eigenvalue weighted by Gasteiger charge is 2.34. The minimum Gasteiger partial charge on any atom is -0.375 e. The maximum Gasteiger partial charge on any atom is 0.227 e. The Balaban J connectivity index is 0.00000128. The predicted molar refractivity (Wildman–Crippen MR) is 64.8 cm³/mol. The number of morpholine rings is 1. The first-order valence-electron chi connectivity index (χ1n) is 5.83. The molecule has 0 saturated carbocycles. The van der Waals surface area contributed by atoms with Crippen molar-refractivity contribution in [3.8, 4) is 0 Å². The standard InChI is InChI=1S/C11H20N2O2.ClH/c1-8-9(2)15-6-5-13(8)11(14)10-3-4-12-7-10;/h8-10,12H,3-7H2,1-2H3;1H/t8?,9?,10-;/m0./s1. The summed E-state index contributed by atoms with van der Waals surface area (Å²) >= 11 is 0. The van der Waals surface area contributed by atoms with Crippen LogP contribution >= 0.6 is 12.4 Å². The van der Waals surface area contributed by atoms with Crippen LogP contribution in [0, 0.1) is 5.92 Å². The maximum absolute atomic E-state index is 12.2. The van der Waals surface area contributed by atoms with Gasteiger partial charge in [-0.3, -0.25) is 4.79 Å². The fourth-order valence-electron chi connectivity index (χ4n) is 2.34. The fraction of sp³-hybridized carbons (Fsp3) is 0.909. The molecule has 1 N–H and O–H groups in total. The van der Waals surface area contributed by atoms with Gasteiger partial charge in [0.15, 0.2) is 0 Å². The summed E-state index contributed by atoms with van der Waals surface area (Å²) < 4.78 is 5.52. The van der Waals surface area contributed by atoms with Crippen LogP contribution in [0.4, 0.5) is 0 Å². The van der Waals surface area contributed by atoms with Crippen molar-refractivity contribution >= 4 is 18.3 Å². The zero-order valence-corrected chi connectivity index (χ0v) is 10.8. The van der Waals surface area contributed by atoms with Crippen LogP contribution in [0.1, 0.15) is 20.3 Å². The van der Waals surface area contributed by atoms with E-state index < -0.39 is 0 Å². The highest BCUT2D eigenvalue weighted by atomic mass is 35.5. The van der Waals surface area contributed by atoms with Crippen LogP contribution in [-0.2, 0) is 9.53 Å². The van der Waals surface area contributed by atoms with E-state index in [1.54, 1.807) is 0 Å². The lowest BCUT2D eigenvalue weighted by Crippen LogP contribution is -2.53. The van der Waals surface area contributed by atoms with Gasteiger partial charge in [-0.2, -0.15) is 0 Å². The molecule has 2 saturated heterocycles. The van der Waals surface area contributed by atoms with Crippen molar-refractivity contribution < 1.29 is 9.53 Å². The summed E-state index contributed by atoms with van der Waals surface area (Å²) in [6.07, 6.45) is 1.15. The maximum atomic E-state index is 12.2. The Labute approximate surface area is 103 Å². The number of carbonyl (C=O) groups excluding carboxylic acids is 1. The van der Waals surface area contributed by atoms with Crippen molar-refractivity contribution in [2.24, 2.45) is 5.92 Å². The second-order valence-corrected chi connectivity index (χ2v) is 4.54. The number of nitrogens with zero attached hydrogens (tertiary/aromatic N) is 1. The van der Waals surface area contributed by atoms with Gasteiger partial charge in [-0.25, -0.2) is 0 Å². The summed E-state index contributed by atoms with van der Waals surface area (Å²) in [6, 6.07) is 0.215. The third-order valence-corrected chi connectivity index (χ3v) is 3.58. The summed E-state index contributed by atoms with van der Waals surface area (Å²) in [4.78, 5) is 14.2. The molecule has 0 aromatic rings. The van der Waals surface area contributed by atoms with Crippen molar-refractivity contribution in [1.82, 2.24) is 10.2 Å². The lowest BCUT2D eigenvalue weighted by atomic mass is 10.0. The lowest BCUT2D eigenvalue weighted by Gasteiger charge is -2.39. The molecule has 3 atom stereocenters. The third-order valence-electron chi connectivity index (χ3n) is 3.58. The van der Waals surface area contributed by atoms with Gasteiger partial charge in [0.2, 0.25) is 5.91 Å². The molecule has 2 aliphatic heterocycles. The number of hydrogen-bond acceptors (Lipinski definition) is 3. The normalized spacial score (nSPS) is 34.6. The molecular weight excluding hydrogens is 228 g/mol. The van der Waals surface area contributed by atoms with Gasteiger partial charge < -0.3 is 15.0 Å². The molecule has 0 radical (unpaired) electrons. The SMILES string of the molecule is CC1OCCN(C(=O)[C@H]2CCNC2)C1C.Cl. The van der Waals surface area contributed by atoms with Crippen LogP contribution in [0.25, 0.3) is 0 Å². The molecule has 2 unspecified atom stereocenters. The van der Waals surface area contributed by atoms with Crippen molar-refractivity contribution in [3.05, 3.63) is 0 Å². The molecule has 2 fully saturated rings. The van der Waals surface area contributed by atoms with Gasteiger partial charge >= 0.3 is 0 Å². The van der Waals surface area contributed by atoms with Crippen LogP contribution in [0.2, 0.25) is 0 Å². The lowest BCUT2D eigenvalue weighted by molar-refractivity contribution is -0.147. The van der Waals surface area contributed by atoms with Gasteiger partial charge in [0.1, 0.15) is 0 Å². The molecule has 0 aromatic carbocycles. The number of carbonyl (C=O) groups is 1. The van der Waals surface area contributed by atoms with E-state index in [1.807, 2.05) is 11.8 Å². The Hall–Kier alpha value is -0.320. The molecule has 0 spiro atoms. The summed E-state index contributed by atoms with van der Waals surface area (Å²) in [7, 11) is 0. The van der Waals surface area contributed by atoms with Crippen LogP contribution in [0.3, 0.4) is 0 Å². The van der Waals surface area contributed by atoms with Crippen LogP contribution in [-0.4, -0.2) is 49.2 Å². The molecule has 2 heterocycles. The fourth-order valence-corrected chi connectivity index (χ4v) is 2.34. The molecule has 94 valence electrons. The zero-order chi connectivity index (χ0) is 10.8. The summed E-state index contributed by atoms with van der Waals surface area (Å²) in [5.74, 6) is 0.500. The molecule has 1 amide bonds. The smallest absolute Gasteiger partial charge is 0.227 e.